The van der Waals surface area contributed by atoms with Crippen LogP contribution in [0.3, 0.4) is 0 Å². The first kappa shape index (κ1) is 20.4. The third-order valence-electron chi connectivity index (χ3n) is 3.51. The van der Waals surface area contributed by atoms with Crippen LogP contribution in [0, 0.1) is 5.82 Å². The van der Waals surface area contributed by atoms with Gasteiger partial charge in [-0.25, -0.2) is 9.38 Å². The summed E-state index contributed by atoms with van der Waals surface area (Å²) in [5.41, 5.74) is 0.515. The van der Waals surface area contributed by atoms with Crippen LogP contribution in [-0.4, -0.2) is 42.9 Å². The molecule has 0 atom stereocenters. The summed E-state index contributed by atoms with van der Waals surface area (Å²) in [5, 5.41) is 6.21. The third kappa shape index (κ3) is 6.86. The fourth-order valence-corrected chi connectivity index (χ4v) is 2.60. The molecule has 1 aromatic rings. The van der Waals surface area contributed by atoms with Crippen molar-refractivity contribution >= 4 is 27.8 Å². The van der Waals surface area contributed by atoms with Gasteiger partial charge in [0.05, 0.1) is 6.54 Å². The SMILES string of the molecule is CCNC(=NCc1cc(Br)ccc1F)NCCC(=O)N(CC)CC. The van der Waals surface area contributed by atoms with E-state index in [9.17, 15) is 9.18 Å². The van der Waals surface area contributed by atoms with Crippen LogP contribution in [0.4, 0.5) is 4.39 Å². The lowest BCUT2D eigenvalue weighted by Crippen LogP contribution is -2.40. The molecule has 0 spiro atoms. The average Bonchev–Trinajstić information content (AvgIpc) is 2.56. The van der Waals surface area contributed by atoms with Gasteiger partial charge in [-0.1, -0.05) is 15.9 Å². The number of hydrogen-bond acceptors (Lipinski definition) is 2. The smallest absolute Gasteiger partial charge is 0.224 e. The first-order valence-corrected chi connectivity index (χ1v) is 9.04. The number of aliphatic imine (C=N–C) groups is 1. The van der Waals surface area contributed by atoms with Gasteiger partial charge in [-0.15, -0.1) is 0 Å². The molecule has 0 heterocycles. The van der Waals surface area contributed by atoms with E-state index in [0.29, 0.717) is 44.1 Å². The molecule has 134 valence electrons. The number of carbonyl (C=O) groups excluding carboxylic acids is 1. The molecule has 1 rings (SSSR count). The minimum absolute atomic E-state index is 0.112. The molecule has 0 aromatic heterocycles. The van der Waals surface area contributed by atoms with Crippen LogP contribution in [-0.2, 0) is 11.3 Å². The Kier molecular flexibility index (Phi) is 9.37. The number of halogens is 2. The molecule has 0 aliphatic rings. The molecule has 5 nitrogen and oxygen atoms in total. The Labute approximate surface area is 151 Å². The largest absolute Gasteiger partial charge is 0.357 e. The van der Waals surface area contributed by atoms with Crippen LogP contribution in [0.25, 0.3) is 0 Å². The maximum Gasteiger partial charge on any atom is 0.224 e. The summed E-state index contributed by atoms with van der Waals surface area (Å²) >= 11 is 3.33. The maximum atomic E-state index is 13.7. The maximum absolute atomic E-state index is 13.7. The Balaban J connectivity index is 2.60. The Morgan fingerprint density at radius 3 is 2.58 bits per heavy atom. The molecule has 0 fully saturated rings. The van der Waals surface area contributed by atoms with E-state index in [-0.39, 0.29) is 18.3 Å². The summed E-state index contributed by atoms with van der Waals surface area (Å²) in [6.07, 6.45) is 0.400. The summed E-state index contributed by atoms with van der Waals surface area (Å²) in [6.45, 7) is 8.72. The standard InChI is InChI=1S/C17H26BrFN4O/c1-4-20-17(21-10-9-16(24)23(5-2)6-3)22-12-13-11-14(18)7-8-15(13)19/h7-8,11H,4-6,9-10,12H2,1-3H3,(H2,20,21,22). The third-order valence-corrected chi connectivity index (χ3v) is 4.00. The fraction of sp³-hybridized carbons (Fsp3) is 0.529. The van der Waals surface area contributed by atoms with E-state index in [0.717, 1.165) is 4.47 Å². The average molecular weight is 401 g/mol. The van der Waals surface area contributed by atoms with Gasteiger partial charge in [0, 0.05) is 42.6 Å². The second-order valence-corrected chi connectivity index (χ2v) is 6.09. The van der Waals surface area contributed by atoms with Crippen molar-refractivity contribution in [3.63, 3.8) is 0 Å². The minimum atomic E-state index is -0.283. The van der Waals surface area contributed by atoms with E-state index in [1.165, 1.54) is 6.07 Å². The van der Waals surface area contributed by atoms with E-state index in [1.807, 2.05) is 20.8 Å². The molecule has 0 unspecified atom stereocenters. The van der Waals surface area contributed by atoms with Crippen LogP contribution in [0.2, 0.25) is 0 Å². The molecule has 24 heavy (non-hydrogen) atoms. The first-order chi connectivity index (χ1) is 11.5. The molecule has 0 aliphatic carbocycles. The number of carbonyl (C=O) groups is 1. The van der Waals surface area contributed by atoms with Crippen molar-refractivity contribution in [1.29, 1.82) is 0 Å². The molecular formula is C17H26BrFN4O. The van der Waals surface area contributed by atoms with Gasteiger partial charge in [0.2, 0.25) is 5.91 Å². The second-order valence-electron chi connectivity index (χ2n) is 5.17. The quantitative estimate of drug-likeness (QED) is 0.520. The highest BCUT2D eigenvalue weighted by Gasteiger charge is 2.09. The number of rotatable bonds is 8. The van der Waals surface area contributed by atoms with Gasteiger partial charge in [-0.05, 0) is 39.0 Å². The van der Waals surface area contributed by atoms with Crippen molar-refractivity contribution in [3.05, 3.63) is 34.1 Å². The zero-order valence-corrected chi connectivity index (χ0v) is 16.1. The van der Waals surface area contributed by atoms with Gasteiger partial charge in [0.25, 0.3) is 0 Å². The number of guanidine groups is 1. The number of hydrogen-bond donors (Lipinski definition) is 2. The number of nitrogens with zero attached hydrogens (tertiary/aromatic N) is 2. The molecule has 1 amide bonds. The van der Waals surface area contributed by atoms with E-state index in [2.05, 4.69) is 31.6 Å². The van der Waals surface area contributed by atoms with Crippen LogP contribution < -0.4 is 10.6 Å². The van der Waals surface area contributed by atoms with Crippen LogP contribution in [0.5, 0.6) is 0 Å². The monoisotopic (exact) mass is 400 g/mol. The number of nitrogens with one attached hydrogen (secondary N) is 2. The van der Waals surface area contributed by atoms with Crippen molar-refractivity contribution in [1.82, 2.24) is 15.5 Å². The van der Waals surface area contributed by atoms with Crippen molar-refractivity contribution in [2.24, 2.45) is 4.99 Å². The minimum Gasteiger partial charge on any atom is -0.357 e. The molecule has 0 aliphatic heterocycles. The summed E-state index contributed by atoms with van der Waals surface area (Å²) in [4.78, 5) is 18.1. The fourth-order valence-electron chi connectivity index (χ4n) is 2.19. The molecule has 1 aromatic carbocycles. The van der Waals surface area contributed by atoms with E-state index >= 15 is 0 Å². The topological polar surface area (TPSA) is 56.7 Å². The molecule has 0 saturated carbocycles. The van der Waals surface area contributed by atoms with Crippen molar-refractivity contribution in [2.75, 3.05) is 26.2 Å². The normalized spacial score (nSPS) is 11.3. The second kappa shape index (κ2) is 11.0. The lowest BCUT2D eigenvalue weighted by atomic mass is 10.2. The predicted octanol–water partition coefficient (Wildman–Crippen LogP) is 2.90. The summed E-state index contributed by atoms with van der Waals surface area (Å²) in [5.74, 6) is 0.403. The van der Waals surface area contributed by atoms with Gasteiger partial charge in [-0.3, -0.25) is 4.79 Å². The summed E-state index contributed by atoms with van der Waals surface area (Å²) in [7, 11) is 0. The van der Waals surface area contributed by atoms with Crippen LogP contribution in [0.15, 0.2) is 27.7 Å². The predicted molar refractivity (Wildman–Crippen MR) is 99.5 cm³/mol. The van der Waals surface area contributed by atoms with E-state index in [1.54, 1.807) is 17.0 Å². The highest BCUT2D eigenvalue weighted by molar-refractivity contribution is 9.10. The zero-order chi connectivity index (χ0) is 17.9. The first-order valence-electron chi connectivity index (χ1n) is 8.25. The molecular weight excluding hydrogens is 375 g/mol. The Bertz CT molecular complexity index is 562. The zero-order valence-electron chi connectivity index (χ0n) is 14.5. The lowest BCUT2D eigenvalue weighted by Gasteiger charge is -2.19. The molecule has 0 bridgehead atoms. The molecule has 2 N–H and O–H groups in total. The molecule has 0 saturated heterocycles. The van der Waals surface area contributed by atoms with Gasteiger partial charge >= 0.3 is 0 Å². The van der Waals surface area contributed by atoms with Gasteiger partial charge in [-0.2, -0.15) is 0 Å². The highest BCUT2D eigenvalue weighted by Crippen LogP contribution is 2.16. The van der Waals surface area contributed by atoms with Crippen molar-refractivity contribution in [3.8, 4) is 0 Å². The summed E-state index contributed by atoms with van der Waals surface area (Å²) in [6, 6.07) is 4.79. The Morgan fingerprint density at radius 1 is 1.25 bits per heavy atom. The van der Waals surface area contributed by atoms with Crippen molar-refractivity contribution < 1.29 is 9.18 Å². The van der Waals surface area contributed by atoms with E-state index < -0.39 is 0 Å². The number of amides is 1. The Hall–Kier alpha value is -1.63. The van der Waals surface area contributed by atoms with Crippen molar-refractivity contribution in [2.45, 2.75) is 33.7 Å². The number of benzene rings is 1. The van der Waals surface area contributed by atoms with Crippen LogP contribution in [0.1, 0.15) is 32.8 Å². The van der Waals surface area contributed by atoms with Crippen LogP contribution >= 0.6 is 15.9 Å². The highest BCUT2D eigenvalue weighted by atomic mass is 79.9. The lowest BCUT2D eigenvalue weighted by molar-refractivity contribution is -0.130. The van der Waals surface area contributed by atoms with E-state index in [4.69, 9.17) is 0 Å². The van der Waals surface area contributed by atoms with Gasteiger partial charge in [0.15, 0.2) is 5.96 Å². The Morgan fingerprint density at radius 2 is 1.96 bits per heavy atom. The van der Waals surface area contributed by atoms with Gasteiger partial charge in [0.1, 0.15) is 5.82 Å². The molecule has 0 radical (unpaired) electrons. The molecule has 7 heteroatoms. The van der Waals surface area contributed by atoms with Gasteiger partial charge < -0.3 is 15.5 Å². The summed E-state index contributed by atoms with van der Waals surface area (Å²) < 4.78 is 14.6.